The van der Waals surface area contributed by atoms with E-state index in [1.807, 2.05) is 37.3 Å². The van der Waals surface area contributed by atoms with Crippen molar-refractivity contribution < 1.29 is 29.2 Å². The Morgan fingerprint density at radius 2 is 1.84 bits per heavy atom. The zero-order chi connectivity index (χ0) is 21.8. The summed E-state index contributed by atoms with van der Waals surface area (Å²) in [5.41, 5.74) is 2.79. The van der Waals surface area contributed by atoms with Crippen molar-refractivity contribution in [1.29, 1.82) is 0 Å². The van der Waals surface area contributed by atoms with Gasteiger partial charge in [-0.2, -0.15) is 0 Å². The van der Waals surface area contributed by atoms with Gasteiger partial charge in [0.1, 0.15) is 5.75 Å². The van der Waals surface area contributed by atoms with Crippen molar-refractivity contribution in [2.45, 2.75) is 50.9 Å². The summed E-state index contributed by atoms with van der Waals surface area (Å²) in [4.78, 5) is 0. The standard InChI is InChI=1S/C24H29ClO6/c1-2-28-18-6-4-15(5-7-18)10-16-11-20(21-13-17(27)12-19(14-26)31-21)23-24(22(16)25)30-9-3-8-29-23/h4-7,11,17,19,21,26-27H,2-3,8-10,12-14H2,1H3. The van der Waals surface area contributed by atoms with Crippen LogP contribution < -0.4 is 14.2 Å². The molecule has 0 spiro atoms. The van der Waals surface area contributed by atoms with Gasteiger partial charge in [-0.3, -0.25) is 0 Å². The lowest BCUT2D eigenvalue weighted by molar-refractivity contribution is -0.114. The molecule has 168 valence electrons. The molecule has 6 nitrogen and oxygen atoms in total. The summed E-state index contributed by atoms with van der Waals surface area (Å²) in [6.45, 7) is 3.48. The first-order valence-electron chi connectivity index (χ1n) is 10.9. The van der Waals surface area contributed by atoms with E-state index in [9.17, 15) is 10.2 Å². The van der Waals surface area contributed by atoms with Crippen LogP contribution in [0, 0.1) is 0 Å². The molecule has 0 saturated carbocycles. The van der Waals surface area contributed by atoms with Crippen molar-refractivity contribution in [3.8, 4) is 17.2 Å². The van der Waals surface area contributed by atoms with Gasteiger partial charge in [-0.05, 0) is 42.7 Å². The zero-order valence-electron chi connectivity index (χ0n) is 17.7. The number of aliphatic hydroxyl groups is 2. The lowest BCUT2D eigenvalue weighted by Gasteiger charge is -2.33. The van der Waals surface area contributed by atoms with Crippen LogP contribution in [0.25, 0.3) is 0 Å². The summed E-state index contributed by atoms with van der Waals surface area (Å²) >= 11 is 6.77. The van der Waals surface area contributed by atoms with Gasteiger partial charge < -0.3 is 29.2 Å². The average Bonchev–Trinajstić information content (AvgIpc) is 3.03. The van der Waals surface area contributed by atoms with E-state index in [-0.39, 0.29) is 6.61 Å². The Bertz CT molecular complexity index is 885. The number of ether oxygens (including phenoxy) is 4. The lowest BCUT2D eigenvalue weighted by atomic mass is 9.92. The monoisotopic (exact) mass is 448 g/mol. The number of fused-ring (bicyclic) bond motifs is 1. The number of aliphatic hydroxyl groups excluding tert-OH is 2. The van der Waals surface area contributed by atoms with Gasteiger partial charge in [0.25, 0.3) is 0 Å². The van der Waals surface area contributed by atoms with Crippen molar-refractivity contribution in [1.82, 2.24) is 0 Å². The molecule has 4 rings (SSSR count). The van der Waals surface area contributed by atoms with Gasteiger partial charge in [0.05, 0.1) is 49.8 Å². The maximum absolute atomic E-state index is 10.3. The van der Waals surface area contributed by atoms with Crippen LogP contribution in [0.2, 0.25) is 5.02 Å². The minimum absolute atomic E-state index is 0.139. The molecule has 31 heavy (non-hydrogen) atoms. The first kappa shape index (κ1) is 22.2. The van der Waals surface area contributed by atoms with Gasteiger partial charge in [-0.1, -0.05) is 23.7 Å². The first-order valence-corrected chi connectivity index (χ1v) is 11.2. The second kappa shape index (κ2) is 10.1. The molecule has 0 bridgehead atoms. The molecular formula is C24H29ClO6. The lowest BCUT2D eigenvalue weighted by Crippen LogP contribution is -2.33. The van der Waals surface area contributed by atoms with Crippen LogP contribution in [0.4, 0.5) is 0 Å². The van der Waals surface area contributed by atoms with Gasteiger partial charge in [0, 0.05) is 24.8 Å². The van der Waals surface area contributed by atoms with Gasteiger partial charge in [0.2, 0.25) is 0 Å². The molecule has 2 aromatic carbocycles. The van der Waals surface area contributed by atoms with E-state index in [0.29, 0.717) is 55.6 Å². The van der Waals surface area contributed by atoms with E-state index in [1.54, 1.807) is 0 Å². The van der Waals surface area contributed by atoms with Crippen molar-refractivity contribution in [3.63, 3.8) is 0 Å². The third-order valence-corrected chi connectivity index (χ3v) is 6.03. The van der Waals surface area contributed by atoms with Gasteiger partial charge in [-0.25, -0.2) is 0 Å². The SMILES string of the molecule is CCOc1ccc(Cc2cc(C3CC(O)CC(CO)O3)c3c(c2Cl)OCCCO3)cc1. The number of benzene rings is 2. The molecule has 2 aliphatic rings. The zero-order valence-corrected chi connectivity index (χ0v) is 18.4. The molecule has 2 aromatic rings. The molecule has 3 atom stereocenters. The fraction of sp³-hybridized carbons (Fsp3) is 0.500. The van der Waals surface area contributed by atoms with Crippen LogP contribution in [0.15, 0.2) is 30.3 Å². The molecule has 0 amide bonds. The van der Waals surface area contributed by atoms with Gasteiger partial charge in [-0.15, -0.1) is 0 Å². The summed E-state index contributed by atoms with van der Waals surface area (Å²) < 4.78 is 23.6. The maximum atomic E-state index is 10.3. The van der Waals surface area contributed by atoms with Crippen LogP contribution in [0.1, 0.15) is 49.0 Å². The molecule has 7 heteroatoms. The second-order valence-corrected chi connectivity index (χ2v) is 8.33. The maximum Gasteiger partial charge on any atom is 0.180 e. The normalized spacial score (nSPS) is 23.3. The number of hydrogen-bond acceptors (Lipinski definition) is 6. The highest BCUT2D eigenvalue weighted by atomic mass is 35.5. The summed E-state index contributed by atoms with van der Waals surface area (Å²) in [6.07, 6.45) is 0.826. The Morgan fingerprint density at radius 1 is 1.10 bits per heavy atom. The van der Waals surface area contributed by atoms with Crippen LogP contribution in [0.5, 0.6) is 17.2 Å². The largest absolute Gasteiger partial charge is 0.494 e. The number of rotatable bonds is 6. The Labute approximate surface area is 187 Å². The van der Waals surface area contributed by atoms with Crippen molar-refractivity contribution in [2.24, 2.45) is 0 Å². The van der Waals surface area contributed by atoms with Crippen molar-refractivity contribution in [3.05, 3.63) is 52.0 Å². The molecule has 2 aliphatic heterocycles. The highest BCUT2D eigenvalue weighted by Crippen LogP contribution is 2.47. The molecule has 0 aromatic heterocycles. The summed E-state index contributed by atoms with van der Waals surface area (Å²) in [7, 11) is 0. The van der Waals surface area contributed by atoms with Crippen molar-refractivity contribution >= 4 is 11.6 Å². The Hall–Kier alpha value is -1.99. The van der Waals surface area contributed by atoms with E-state index in [0.717, 1.165) is 28.9 Å². The second-order valence-electron chi connectivity index (χ2n) is 7.96. The van der Waals surface area contributed by atoms with Crippen molar-refractivity contribution in [2.75, 3.05) is 26.4 Å². The molecule has 2 N–H and O–H groups in total. The highest BCUT2D eigenvalue weighted by Gasteiger charge is 2.33. The van der Waals surface area contributed by atoms with E-state index in [2.05, 4.69) is 0 Å². The Balaban J connectivity index is 1.70. The quantitative estimate of drug-likeness (QED) is 0.693. The van der Waals surface area contributed by atoms with E-state index >= 15 is 0 Å². The molecule has 1 fully saturated rings. The van der Waals surface area contributed by atoms with E-state index in [4.69, 9.17) is 30.5 Å². The smallest absolute Gasteiger partial charge is 0.180 e. The van der Waals surface area contributed by atoms with Gasteiger partial charge >= 0.3 is 0 Å². The summed E-state index contributed by atoms with van der Waals surface area (Å²) in [6, 6.07) is 9.93. The van der Waals surface area contributed by atoms with Gasteiger partial charge in [0.15, 0.2) is 11.5 Å². The summed E-state index contributed by atoms with van der Waals surface area (Å²) in [5, 5.41) is 20.4. The first-order chi connectivity index (χ1) is 15.1. The van der Waals surface area contributed by atoms with Crippen LogP contribution in [-0.2, 0) is 11.2 Å². The van der Waals surface area contributed by atoms with Crippen LogP contribution >= 0.6 is 11.6 Å². The van der Waals surface area contributed by atoms with E-state index in [1.165, 1.54) is 0 Å². The van der Waals surface area contributed by atoms with Crippen LogP contribution in [-0.4, -0.2) is 48.8 Å². The molecule has 2 heterocycles. The third kappa shape index (κ3) is 5.09. The Morgan fingerprint density at radius 3 is 2.55 bits per heavy atom. The highest BCUT2D eigenvalue weighted by molar-refractivity contribution is 6.33. The number of halogens is 1. The minimum atomic E-state index is -0.552. The predicted octanol–water partition coefficient (Wildman–Crippen LogP) is 4.06. The third-order valence-electron chi connectivity index (χ3n) is 5.62. The number of hydrogen-bond donors (Lipinski definition) is 2. The molecule has 0 aliphatic carbocycles. The minimum Gasteiger partial charge on any atom is -0.494 e. The molecule has 0 radical (unpaired) electrons. The summed E-state index contributed by atoms with van der Waals surface area (Å²) in [5.74, 6) is 1.94. The molecule has 1 saturated heterocycles. The van der Waals surface area contributed by atoms with E-state index < -0.39 is 18.3 Å². The average molecular weight is 449 g/mol. The Kier molecular flexibility index (Phi) is 7.23. The predicted molar refractivity (Wildman–Crippen MR) is 117 cm³/mol. The molecular weight excluding hydrogens is 420 g/mol. The molecule has 3 unspecified atom stereocenters. The van der Waals surface area contributed by atoms with Crippen LogP contribution in [0.3, 0.4) is 0 Å². The fourth-order valence-electron chi connectivity index (χ4n) is 4.14. The topological polar surface area (TPSA) is 77.4 Å². The fourth-order valence-corrected chi connectivity index (χ4v) is 4.41.